The van der Waals surface area contributed by atoms with Gasteiger partial charge in [0.1, 0.15) is 5.75 Å². The number of hydrogen-bond acceptors (Lipinski definition) is 4. The molecule has 0 spiro atoms. The van der Waals surface area contributed by atoms with Crippen molar-refractivity contribution >= 4 is 23.2 Å². The van der Waals surface area contributed by atoms with Crippen molar-refractivity contribution in [3.63, 3.8) is 0 Å². The van der Waals surface area contributed by atoms with Crippen LogP contribution in [0.25, 0.3) is 0 Å². The zero-order valence-corrected chi connectivity index (χ0v) is 19.0. The van der Waals surface area contributed by atoms with Crippen LogP contribution in [0.4, 0.5) is 11.4 Å². The number of aryl methyl sites for hydroxylation is 1. The summed E-state index contributed by atoms with van der Waals surface area (Å²) in [4.78, 5) is 28.6. The first kappa shape index (κ1) is 22.5. The molecule has 6 nitrogen and oxygen atoms in total. The summed E-state index contributed by atoms with van der Waals surface area (Å²) in [6.45, 7) is 4.18. The van der Waals surface area contributed by atoms with Gasteiger partial charge in [-0.05, 0) is 60.6 Å². The van der Waals surface area contributed by atoms with E-state index in [4.69, 9.17) is 4.74 Å². The van der Waals surface area contributed by atoms with Crippen LogP contribution in [0.3, 0.4) is 0 Å². The SMILES string of the molecule is CC1(C)CC1C(=O)Nc1ccc(Oc2ccc(NC(=O)CCCc3ccccc3)cc2)nc1. The van der Waals surface area contributed by atoms with Crippen molar-refractivity contribution < 1.29 is 14.3 Å². The fourth-order valence-electron chi connectivity index (χ4n) is 3.71. The van der Waals surface area contributed by atoms with E-state index in [9.17, 15) is 9.59 Å². The molecule has 2 aromatic carbocycles. The topological polar surface area (TPSA) is 80.3 Å². The molecule has 1 unspecified atom stereocenters. The summed E-state index contributed by atoms with van der Waals surface area (Å²) >= 11 is 0. The number of carbonyl (C=O) groups excluding carboxylic acids is 2. The van der Waals surface area contributed by atoms with Crippen LogP contribution in [0.15, 0.2) is 72.9 Å². The molecule has 0 bridgehead atoms. The van der Waals surface area contributed by atoms with Gasteiger partial charge in [-0.15, -0.1) is 0 Å². The first-order chi connectivity index (χ1) is 15.9. The van der Waals surface area contributed by atoms with Gasteiger partial charge in [0, 0.05) is 24.1 Å². The number of carbonyl (C=O) groups is 2. The predicted molar refractivity (Wildman–Crippen MR) is 129 cm³/mol. The van der Waals surface area contributed by atoms with Gasteiger partial charge in [-0.25, -0.2) is 4.98 Å². The van der Waals surface area contributed by atoms with Crippen LogP contribution in [0.5, 0.6) is 11.6 Å². The highest BCUT2D eigenvalue weighted by atomic mass is 16.5. The van der Waals surface area contributed by atoms with Gasteiger partial charge < -0.3 is 15.4 Å². The third-order valence-electron chi connectivity index (χ3n) is 5.91. The number of benzene rings is 2. The highest BCUT2D eigenvalue weighted by molar-refractivity contribution is 5.94. The number of aromatic nitrogens is 1. The van der Waals surface area contributed by atoms with Crippen LogP contribution in [-0.4, -0.2) is 16.8 Å². The molecule has 0 aliphatic heterocycles. The second-order valence-electron chi connectivity index (χ2n) is 9.13. The molecule has 1 atom stereocenters. The summed E-state index contributed by atoms with van der Waals surface area (Å²) < 4.78 is 5.77. The minimum atomic E-state index is -0.00603. The number of hydrogen-bond donors (Lipinski definition) is 2. The van der Waals surface area contributed by atoms with E-state index >= 15 is 0 Å². The summed E-state index contributed by atoms with van der Waals surface area (Å²) in [5, 5.41) is 5.82. The lowest BCUT2D eigenvalue weighted by Crippen LogP contribution is -2.16. The molecule has 1 fully saturated rings. The number of nitrogens with zero attached hydrogens (tertiary/aromatic N) is 1. The Kier molecular flexibility index (Phi) is 6.73. The number of ether oxygens (including phenoxy) is 1. The maximum atomic E-state index is 12.2. The van der Waals surface area contributed by atoms with Crippen molar-refractivity contribution in [2.24, 2.45) is 11.3 Å². The van der Waals surface area contributed by atoms with Crippen LogP contribution in [0.1, 0.15) is 38.7 Å². The summed E-state index contributed by atoms with van der Waals surface area (Å²) in [6, 6.07) is 20.8. The van der Waals surface area contributed by atoms with Crippen LogP contribution < -0.4 is 15.4 Å². The van der Waals surface area contributed by atoms with Crippen LogP contribution in [0.2, 0.25) is 0 Å². The first-order valence-corrected chi connectivity index (χ1v) is 11.3. The van der Waals surface area contributed by atoms with Gasteiger partial charge in [-0.3, -0.25) is 9.59 Å². The summed E-state index contributed by atoms with van der Waals surface area (Å²) in [5.41, 5.74) is 2.71. The Morgan fingerprint density at radius 3 is 2.30 bits per heavy atom. The van der Waals surface area contributed by atoms with Crippen LogP contribution in [-0.2, 0) is 16.0 Å². The molecule has 1 aliphatic carbocycles. The normalized spacial score (nSPS) is 16.0. The Morgan fingerprint density at radius 1 is 0.970 bits per heavy atom. The average Bonchev–Trinajstić information content (AvgIpc) is 3.45. The van der Waals surface area contributed by atoms with E-state index in [1.807, 2.05) is 18.2 Å². The van der Waals surface area contributed by atoms with Crippen LogP contribution >= 0.6 is 0 Å². The summed E-state index contributed by atoms with van der Waals surface area (Å²) in [5.74, 6) is 1.14. The van der Waals surface area contributed by atoms with Gasteiger partial charge in [0.25, 0.3) is 0 Å². The zero-order chi connectivity index (χ0) is 23.3. The molecule has 1 heterocycles. The molecule has 2 N–H and O–H groups in total. The molecule has 1 saturated carbocycles. The van der Waals surface area contributed by atoms with E-state index < -0.39 is 0 Å². The van der Waals surface area contributed by atoms with Gasteiger partial charge in [0.2, 0.25) is 17.7 Å². The lowest BCUT2D eigenvalue weighted by atomic mass is 10.1. The fourth-order valence-corrected chi connectivity index (χ4v) is 3.71. The minimum absolute atomic E-state index is 0.00603. The summed E-state index contributed by atoms with van der Waals surface area (Å²) in [6.07, 6.45) is 4.66. The molecule has 1 aliphatic rings. The average molecular weight is 444 g/mol. The molecule has 3 aromatic rings. The van der Waals surface area contributed by atoms with Gasteiger partial charge in [0.05, 0.1) is 11.9 Å². The van der Waals surface area contributed by atoms with E-state index in [1.54, 1.807) is 42.6 Å². The molecule has 1 aromatic heterocycles. The Hall–Kier alpha value is -3.67. The molecule has 6 heteroatoms. The lowest BCUT2D eigenvalue weighted by Gasteiger charge is -2.09. The van der Waals surface area contributed by atoms with Crippen molar-refractivity contribution in [1.29, 1.82) is 0 Å². The standard InChI is InChI=1S/C27H29N3O3/c1-27(2)17-23(27)26(32)30-21-13-16-25(28-18-21)33-22-14-11-20(12-15-22)29-24(31)10-6-9-19-7-4-3-5-8-19/h3-5,7-8,11-16,18,23H,6,9-10,17H2,1-2H3,(H,29,31)(H,30,32). The fraction of sp³-hybridized carbons (Fsp3) is 0.296. The molecule has 4 rings (SSSR count). The second kappa shape index (κ2) is 9.86. The third-order valence-corrected chi connectivity index (χ3v) is 5.91. The van der Waals surface area contributed by atoms with Gasteiger partial charge in [-0.1, -0.05) is 44.2 Å². The van der Waals surface area contributed by atoms with Crippen LogP contribution in [0, 0.1) is 11.3 Å². The van der Waals surface area contributed by atoms with Crippen molar-refractivity contribution in [3.05, 3.63) is 78.5 Å². The Morgan fingerprint density at radius 2 is 1.67 bits per heavy atom. The molecule has 0 radical (unpaired) electrons. The van der Waals surface area contributed by atoms with Crippen molar-refractivity contribution in [1.82, 2.24) is 4.98 Å². The second-order valence-corrected chi connectivity index (χ2v) is 9.13. The van der Waals surface area contributed by atoms with Gasteiger partial charge in [0.15, 0.2) is 0 Å². The molecule has 0 saturated heterocycles. The summed E-state index contributed by atoms with van der Waals surface area (Å²) in [7, 11) is 0. The number of amides is 2. The highest BCUT2D eigenvalue weighted by Crippen LogP contribution is 2.52. The van der Waals surface area contributed by atoms with E-state index in [2.05, 4.69) is 41.6 Å². The van der Waals surface area contributed by atoms with E-state index in [0.717, 1.165) is 24.9 Å². The third kappa shape index (κ3) is 6.42. The Labute approximate surface area is 194 Å². The molecule has 2 amide bonds. The predicted octanol–water partition coefficient (Wildman–Crippen LogP) is 5.82. The lowest BCUT2D eigenvalue weighted by molar-refractivity contribution is -0.118. The molecular weight excluding hydrogens is 414 g/mol. The van der Waals surface area contributed by atoms with Crippen molar-refractivity contribution in [2.45, 2.75) is 39.5 Å². The smallest absolute Gasteiger partial charge is 0.228 e. The minimum Gasteiger partial charge on any atom is -0.439 e. The Balaban J connectivity index is 1.22. The van der Waals surface area contributed by atoms with E-state index in [1.165, 1.54) is 5.56 Å². The van der Waals surface area contributed by atoms with E-state index in [0.29, 0.717) is 23.7 Å². The highest BCUT2D eigenvalue weighted by Gasteiger charge is 2.50. The molecule has 33 heavy (non-hydrogen) atoms. The quantitative estimate of drug-likeness (QED) is 0.437. The number of nitrogens with one attached hydrogen (secondary N) is 2. The molecule has 170 valence electrons. The molecular formula is C27H29N3O3. The maximum absolute atomic E-state index is 12.2. The van der Waals surface area contributed by atoms with E-state index in [-0.39, 0.29) is 23.1 Å². The van der Waals surface area contributed by atoms with Crippen molar-refractivity contribution in [3.8, 4) is 11.6 Å². The monoisotopic (exact) mass is 443 g/mol. The van der Waals surface area contributed by atoms with Gasteiger partial charge in [-0.2, -0.15) is 0 Å². The largest absolute Gasteiger partial charge is 0.439 e. The maximum Gasteiger partial charge on any atom is 0.228 e. The van der Waals surface area contributed by atoms with Gasteiger partial charge >= 0.3 is 0 Å². The number of pyridine rings is 1. The zero-order valence-electron chi connectivity index (χ0n) is 19.0. The van der Waals surface area contributed by atoms with Crippen molar-refractivity contribution in [2.75, 3.05) is 10.6 Å². The first-order valence-electron chi connectivity index (χ1n) is 11.3. The Bertz CT molecular complexity index is 1090. The number of anilines is 2. The number of rotatable bonds is 9.